The van der Waals surface area contributed by atoms with Gasteiger partial charge in [-0.2, -0.15) is 0 Å². The zero-order valence-electron chi connectivity index (χ0n) is 6.05. The number of hydrogen-bond acceptors (Lipinski definition) is 2. The first-order chi connectivity index (χ1) is 5.27. The van der Waals surface area contributed by atoms with Gasteiger partial charge in [0.15, 0.2) is 11.4 Å². The number of H-pyrrole nitrogens is 1. The number of aromatic nitrogens is 1. The molecular formula is C8H7NO2. The van der Waals surface area contributed by atoms with Crippen molar-refractivity contribution >= 4 is 16.9 Å². The number of furan rings is 1. The van der Waals surface area contributed by atoms with Crippen molar-refractivity contribution in [3.63, 3.8) is 0 Å². The van der Waals surface area contributed by atoms with Crippen molar-refractivity contribution in [1.82, 2.24) is 4.98 Å². The van der Waals surface area contributed by atoms with Gasteiger partial charge in [-0.3, -0.25) is 4.79 Å². The number of carbonyl (C=O) groups excluding carboxylic acids is 1. The molecule has 2 rings (SSSR count). The lowest BCUT2D eigenvalue weighted by atomic mass is 10.3. The lowest BCUT2D eigenvalue weighted by Crippen LogP contribution is -1.89. The monoisotopic (exact) mass is 149 g/mol. The van der Waals surface area contributed by atoms with E-state index in [0.717, 1.165) is 11.1 Å². The predicted molar refractivity (Wildman–Crippen MR) is 40.6 cm³/mol. The fourth-order valence-electron chi connectivity index (χ4n) is 1.04. The molecule has 3 nitrogen and oxygen atoms in total. The molecule has 0 unspecified atom stereocenters. The highest BCUT2D eigenvalue weighted by molar-refractivity contribution is 5.96. The van der Waals surface area contributed by atoms with Gasteiger partial charge >= 0.3 is 0 Å². The van der Waals surface area contributed by atoms with Crippen molar-refractivity contribution in [3.8, 4) is 0 Å². The van der Waals surface area contributed by atoms with E-state index in [1.54, 1.807) is 18.4 Å². The number of rotatable bonds is 1. The Morgan fingerprint density at radius 1 is 1.64 bits per heavy atom. The van der Waals surface area contributed by atoms with Crippen molar-refractivity contribution in [1.29, 1.82) is 0 Å². The second-order valence-electron chi connectivity index (χ2n) is 2.44. The zero-order valence-corrected chi connectivity index (χ0v) is 6.05. The standard InChI is InChI=1S/C8H7NO2/c1-5(10)7-4-8-6(9-7)2-3-11-8/h2-4,9H,1H3. The molecule has 11 heavy (non-hydrogen) atoms. The van der Waals surface area contributed by atoms with Gasteiger partial charge in [0.25, 0.3) is 0 Å². The molecule has 0 atom stereocenters. The van der Waals surface area contributed by atoms with Crippen LogP contribution in [0.15, 0.2) is 22.8 Å². The summed E-state index contributed by atoms with van der Waals surface area (Å²) >= 11 is 0. The summed E-state index contributed by atoms with van der Waals surface area (Å²) < 4.78 is 5.07. The highest BCUT2D eigenvalue weighted by atomic mass is 16.3. The molecule has 3 heteroatoms. The van der Waals surface area contributed by atoms with Crippen LogP contribution in [0.5, 0.6) is 0 Å². The van der Waals surface area contributed by atoms with Crippen LogP contribution < -0.4 is 0 Å². The molecular weight excluding hydrogens is 142 g/mol. The summed E-state index contributed by atoms with van der Waals surface area (Å²) in [5.74, 6) is 0.0244. The van der Waals surface area contributed by atoms with E-state index in [0.29, 0.717) is 5.69 Å². The Morgan fingerprint density at radius 2 is 2.45 bits per heavy atom. The molecule has 0 amide bonds. The number of hydrogen-bond donors (Lipinski definition) is 1. The first kappa shape index (κ1) is 6.22. The van der Waals surface area contributed by atoms with Crippen LogP contribution >= 0.6 is 0 Å². The van der Waals surface area contributed by atoms with Gasteiger partial charge in [-0.1, -0.05) is 0 Å². The Hall–Kier alpha value is -1.51. The average molecular weight is 149 g/mol. The fourth-order valence-corrected chi connectivity index (χ4v) is 1.04. The molecule has 2 aromatic heterocycles. The second kappa shape index (κ2) is 1.99. The molecule has 0 radical (unpaired) electrons. The molecule has 2 aromatic rings. The molecule has 0 saturated carbocycles. The summed E-state index contributed by atoms with van der Waals surface area (Å²) in [6, 6.07) is 3.50. The van der Waals surface area contributed by atoms with Crippen LogP contribution in [0.1, 0.15) is 17.4 Å². The second-order valence-corrected chi connectivity index (χ2v) is 2.44. The highest BCUT2D eigenvalue weighted by Crippen LogP contribution is 2.15. The minimum Gasteiger partial charge on any atom is -0.463 e. The van der Waals surface area contributed by atoms with E-state index >= 15 is 0 Å². The zero-order chi connectivity index (χ0) is 7.84. The summed E-state index contributed by atoms with van der Waals surface area (Å²) in [6.07, 6.45) is 1.59. The fraction of sp³-hybridized carbons (Fsp3) is 0.125. The summed E-state index contributed by atoms with van der Waals surface area (Å²) in [4.78, 5) is 13.8. The normalized spacial score (nSPS) is 10.6. The average Bonchev–Trinajstić information content (AvgIpc) is 2.40. The van der Waals surface area contributed by atoms with Crippen LogP contribution in [0, 0.1) is 0 Å². The van der Waals surface area contributed by atoms with Crippen molar-refractivity contribution < 1.29 is 9.21 Å². The predicted octanol–water partition coefficient (Wildman–Crippen LogP) is 1.96. The van der Waals surface area contributed by atoms with E-state index in [9.17, 15) is 4.79 Å². The van der Waals surface area contributed by atoms with E-state index in [2.05, 4.69) is 4.98 Å². The molecule has 0 spiro atoms. The molecule has 0 aliphatic heterocycles. The first-order valence-electron chi connectivity index (χ1n) is 3.34. The van der Waals surface area contributed by atoms with Crippen molar-refractivity contribution in [3.05, 3.63) is 24.1 Å². The largest absolute Gasteiger partial charge is 0.463 e. The van der Waals surface area contributed by atoms with E-state index < -0.39 is 0 Å². The van der Waals surface area contributed by atoms with Gasteiger partial charge in [-0.05, 0) is 0 Å². The van der Waals surface area contributed by atoms with Crippen LogP contribution in [-0.2, 0) is 0 Å². The molecule has 2 heterocycles. The minimum absolute atomic E-state index is 0.0244. The van der Waals surface area contributed by atoms with Crippen LogP contribution in [0.2, 0.25) is 0 Å². The van der Waals surface area contributed by atoms with Gasteiger partial charge < -0.3 is 9.40 Å². The maximum absolute atomic E-state index is 10.8. The Kier molecular flexibility index (Phi) is 1.12. The quantitative estimate of drug-likeness (QED) is 0.630. The van der Waals surface area contributed by atoms with Crippen LogP contribution in [-0.4, -0.2) is 10.8 Å². The van der Waals surface area contributed by atoms with Gasteiger partial charge in [0.2, 0.25) is 0 Å². The molecule has 0 aliphatic rings. The van der Waals surface area contributed by atoms with E-state index in [4.69, 9.17) is 4.42 Å². The number of carbonyl (C=O) groups is 1. The maximum Gasteiger partial charge on any atom is 0.176 e. The summed E-state index contributed by atoms with van der Waals surface area (Å²) in [6.45, 7) is 1.52. The molecule has 0 bridgehead atoms. The third kappa shape index (κ3) is 0.852. The topological polar surface area (TPSA) is 46.0 Å². The van der Waals surface area contributed by atoms with Crippen molar-refractivity contribution in [2.24, 2.45) is 0 Å². The molecule has 1 N–H and O–H groups in total. The Labute approximate surface area is 63.0 Å². The molecule has 0 saturated heterocycles. The van der Waals surface area contributed by atoms with Crippen LogP contribution in [0.3, 0.4) is 0 Å². The van der Waals surface area contributed by atoms with E-state index in [1.165, 1.54) is 6.92 Å². The number of nitrogens with one attached hydrogen (secondary N) is 1. The number of aromatic amines is 1. The van der Waals surface area contributed by atoms with Gasteiger partial charge in [-0.25, -0.2) is 0 Å². The SMILES string of the molecule is CC(=O)c1cc2occc2[nH]1. The minimum atomic E-state index is 0.0244. The number of Topliss-reactive ketones (excluding diaryl/α,β-unsaturated/α-hetero) is 1. The summed E-state index contributed by atoms with van der Waals surface area (Å²) in [5, 5.41) is 0. The Morgan fingerprint density at radius 3 is 3.09 bits per heavy atom. The maximum atomic E-state index is 10.8. The van der Waals surface area contributed by atoms with Crippen molar-refractivity contribution in [2.45, 2.75) is 6.92 Å². The first-order valence-corrected chi connectivity index (χ1v) is 3.34. The van der Waals surface area contributed by atoms with Crippen LogP contribution in [0.4, 0.5) is 0 Å². The molecule has 0 aliphatic carbocycles. The lowest BCUT2D eigenvalue weighted by molar-refractivity contribution is 0.101. The summed E-state index contributed by atoms with van der Waals surface area (Å²) in [7, 11) is 0. The van der Waals surface area contributed by atoms with E-state index in [-0.39, 0.29) is 5.78 Å². The molecule has 56 valence electrons. The molecule has 0 fully saturated rings. The number of ketones is 1. The third-order valence-corrected chi connectivity index (χ3v) is 1.62. The number of fused-ring (bicyclic) bond motifs is 1. The Bertz CT molecular complexity index is 368. The Balaban J connectivity index is 2.67. The highest BCUT2D eigenvalue weighted by Gasteiger charge is 2.05. The molecule has 0 aromatic carbocycles. The van der Waals surface area contributed by atoms with E-state index in [1.807, 2.05) is 0 Å². The smallest absolute Gasteiger partial charge is 0.176 e. The lowest BCUT2D eigenvalue weighted by Gasteiger charge is -1.83. The van der Waals surface area contributed by atoms with Gasteiger partial charge in [-0.15, -0.1) is 0 Å². The van der Waals surface area contributed by atoms with Crippen LogP contribution in [0.25, 0.3) is 11.1 Å². The van der Waals surface area contributed by atoms with Gasteiger partial charge in [0.05, 0.1) is 17.5 Å². The van der Waals surface area contributed by atoms with Gasteiger partial charge in [0, 0.05) is 19.1 Å². The third-order valence-electron chi connectivity index (χ3n) is 1.62. The summed E-state index contributed by atoms with van der Waals surface area (Å²) in [5.41, 5.74) is 2.20. The van der Waals surface area contributed by atoms with Gasteiger partial charge in [0.1, 0.15) is 0 Å². The van der Waals surface area contributed by atoms with Crippen molar-refractivity contribution in [2.75, 3.05) is 0 Å².